The van der Waals surface area contributed by atoms with Crippen molar-refractivity contribution in [2.45, 2.75) is 13.2 Å². The van der Waals surface area contributed by atoms with E-state index in [9.17, 15) is 10.2 Å². The number of fused-ring (bicyclic) bond motifs is 10. The van der Waals surface area contributed by atoms with Crippen molar-refractivity contribution in [3.8, 4) is 57.5 Å². The minimum Gasteiger partial charge on any atom is -0.497 e. The summed E-state index contributed by atoms with van der Waals surface area (Å²) in [5.74, 6) is 2.58. The van der Waals surface area contributed by atoms with Gasteiger partial charge < -0.3 is 61.6 Å². The van der Waals surface area contributed by atoms with E-state index >= 15 is 9.59 Å². The summed E-state index contributed by atoms with van der Waals surface area (Å²) in [4.78, 5) is 41.7. The number of nitrogen functional groups attached to an aromatic ring is 4. The third-order valence-electron chi connectivity index (χ3n) is 15.5. The van der Waals surface area contributed by atoms with Crippen LogP contribution in [0.3, 0.4) is 0 Å². The van der Waals surface area contributed by atoms with Crippen LogP contribution in [0.5, 0.6) is 57.5 Å². The molecule has 82 heavy (non-hydrogen) atoms. The summed E-state index contributed by atoms with van der Waals surface area (Å²) < 4.78 is 42.9. The Morgan fingerprint density at radius 1 is 0.390 bits per heavy atom. The van der Waals surface area contributed by atoms with E-state index in [1.807, 2.05) is 60.7 Å². The van der Waals surface area contributed by atoms with Crippen LogP contribution >= 0.6 is 0 Å². The molecule has 0 amide bonds. The molecular weight excluding hydrogens is 1040 g/mol. The number of imidazole rings is 2. The van der Waals surface area contributed by atoms with Crippen molar-refractivity contribution in [3.05, 3.63) is 177 Å². The predicted molar refractivity (Wildman–Crippen MR) is 319 cm³/mol. The summed E-state index contributed by atoms with van der Waals surface area (Å²) in [6, 6.07) is 41.8. The van der Waals surface area contributed by atoms with Gasteiger partial charge in [0, 0.05) is 66.0 Å². The normalized spacial score (nSPS) is 12.0. The Kier molecular flexibility index (Phi) is 10.4. The lowest BCUT2D eigenvalue weighted by atomic mass is 9.84. The fourth-order valence-corrected chi connectivity index (χ4v) is 11.8. The van der Waals surface area contributed by atoms with Crippen LogP contribution in [0.1, 0.15) is 11.1 Å². The maximum Gasteiger partial charge on any atom is 0.264 e. The van der Waals surface area contributed by atoms with Gasteiger partial charge in [-0.2, -0.15) is 0 Å². The highest BCUT2D eigenvalue weighted by atomic mass is 16.5. The number of aliphatic hydroxyl groups excluding tert-OH is 2. The van der Waals surface area contributed by atoms with E-state index in [0.717, 1.165) is 0 Å². The van der Waals surface area contributed by atoms with Crippen molar-refractivity contribution >= 4 is 121 Å². The second-order valence-electron chi connectivity index (χ2n) is 20.1. The van der Waals surface area contributed by atoms with E-state index in [1.54, 1.807) is 93.7 Å². The molecule has 400 valence electrons. The molecule has 0 aliphatic rings. The zero-order valence-electron chi connectivity index (χ0n) is 43.5. The van der Waals surface area contributed by atoms with Crippen LogP contribution < -0.4 is 62.5 Å². The van der Waals surface area contributed by atoms with Crippen molar-refractivity contribution in [1.82, 2.24) is 18.8 Å². The topological polar surface area (TPSA) is 269 Å². The molecule has 15 aromatic rings. The lowest BCUT2D eigenvalue weighted by Crippen LogP contribution is -2.15. The highest BCUT2D eigenvalue weighted by Gasteiger charge is 2.33. The number of benzene rings is 11. The number of pyridine rings is 2. The molecule has 0 aliphatic carbocycles. The Morgan fingerprint density at radius 2 is 0.732 bits per heavy atom. The number of para-hydroxylation sites is 4. The molecule has 18 nitrogen and oxygen atoms in total. The first-order valence-corrected chi connectivity index (χ1v) is 25.9. The summed E-state index contributed by atoms with van der Waals surface area (Å²) in [5, 5.41) is 25.2. The van der Waals surface area contributed by atoms with Crippen LogP contribution in [0.25, 0.3) is 98.0 Å². The van der Waals surface area contributed by atoms with Gasteiger partial charge in [-0.25, -0.2) is 9.97 Å². The quantitative estimate of drug-likeness (QED) is 0.0377. The largest absolute Gasteiger partial charge is 0.497 e. The van der Waals surface area contributed by atoms with Gasteiger partial charge in [0.1, 0.15) is 57.3 Å². The van der Waals surface area contributed by atoms with E-state index in [4.69, 9.17) is 61.3 Å². The molecule has 4 aromatic heterocycles. The molecule has 0 radical (unpaired) electrons. The van der Waals surface area contributed by atoms with E-state index in [2.05, 4.69) is 0 Å². The van der Waals surface area contributed by atoms with Crippen LogP contribution in [0.15, 0.2) is 155 Å². The van der Waals surface area contributed by atoms with Gasteiger partial charge in [0.05, 0.1) is 83.0 Å². The van der Waals surface area contributed by atoms with Crippen LogP contribution in [0, 0.1) is 0 Å². The van der Waals surface area contributed by atoms with E-state index in [0.29, 0.717) is 110 Å². The number of nitrogens with zero attached hydrogens (tertiary/aromatic N) is 4. The molecule has 11 aromatic carbocycles. The molecule has 0 atom stereocenters. The fraction of sp³-hybridized carbons (Fsp3) is 0.0625. The fourth-order valence-electron chi connectivity index (χ4n) is 11.8. The first-order chi connectivity index (χ1) is 39.9. The summed E-state index contributed by atoms with van der Waals surface area (Å²) in [6.07, 6.45) is 0. The van der Waals surface area contributed by atoms with Crippen molar-refractivity contribution in [2.24, 2.45) is 0 Å². The number of methoxy groups -OCH3 is 2. The van der Waals surface area contributed by atoms with Gasteiger partial charge >= 0.3 is 0 Å². The number of anilines is 4. The zero-order valence-corrected chi connectivity index (χ0v) is 43.5. The molecule has 0 unspecified atom stereocenters. The van der Waals surface area contributed by atoms with Gasteiger partial charge in [-0.3, -0.25) is 18.4 Å². The highest BCUT2D eigenvalue weighted by molar-refractivity contribution is 6.45. The second kappa shape index (κ2) is 17.7. The molecule has 0 bridgehead atoms. The summed E-state index contributed by atoms with van der Waals surface area (Å²) >= 11 is 0. The minimum atomic E-state index is -0.411. The van der Waals surface area contributed by atoms with E-state index < -0.39 is 11.1 Å². The van der Waals surface area contributed by atoms with Gasteiger partial charge in [0.15, 0.2) is 11.5 Å². The average Bonchev–Trinajstić information content (AvgIpc) is 2.31. The van der Waals surface area contributed by atoms with Gasteiger partial charge in [-0.05, 0) is 108 Å². The maximum atomic E-state index is 15.7. The first-order valence-electron chi connectivity index (χ1n) is 25.9. The average molecular weight is 1090 g/mol. The van der Waals surface area contributed by atoms with Crippen molar-refractivity contribution in [1.29, 1.82) is 0 Å². The smallest absolute Gasteiger partial charge is 0.264 e. The SMILES string of the molecule is COc1ccc(Oc2cc3c(=O)n4c5ccccc5nc4c4cc(Oc5ccc(CO)cc5N)c5c6c(Oc7ccc(CO)cc7N)cc7c(=O)n8c9ccccc9nc8c8cc(Oc9ccc(OC)cc9N)c(c2c5c34)c6c78)c(N)c1. The molecule has 4 heterocycles. The van der Waals surface area contributed by atoms with Crippen LogP contribution in [0.4, 0.5) is 22.7 Å². The molecule has 0 saturated carbocycles. The van der Waals surface area contributed by atoms with Crippen molar-refractivity contribution in [2.75, 3.05) is 37.2 Å². The number of aromatic nitrogens is 4. The molecule has 0 saturated heterocycles. The third-order valence-corrected chi connectivity index (χ3v) is 15.5. The van der Waals surface area contributed by atoms with E-state index in [-0.39, 0.29) is 92.7 Å². The molecule has 0 fully saturated rings. The minimum absolute atomic E-state index is 0.136. The predicted octanol–water partition coefficient (Wildman–Crippen LogP) is 11.7. The number of nitrogens with two attached hydrogens (primary N) is 4. The highest BCUT2D eigenvalue weighted by Crippen LogP contribution is 2.58. The van der Waals surface area contributed by atoms with Crippen LogP contribution in [-0.2, 0) is 13.2 Å². The molecule has 18 heteroatoms. The van der Waals surface area contributed by atoms with Gasteiger partial charge in [0.25, 0.3) is 11.1 Å². The Morgan fingerprint density at radius 3 is 1.07 bits per heavy atom. The third kappa shape index (κ3) is 6.88. The maximum absolute atomic E-state index is 15.7. The molecule has 10 N–H and O–H groups in total. The number of ether oxygens (including phenoxy) is 6. The Labute approximate surface area is 461 Å². The Balaban J connectivity index is 1.24. The van der Waals surface area contributed by atoms with Gasteiger partial charge in [-0.15, -0.1) is 0 Å². The molecule has 15 rings (SSSR count). The lowest BCUT2D eigenvalue weighted by molar-refractivity contribution is 0.281. The summed E-state index contributed by atoms with van der Waals surface area (Å²) in [7, 11) is 3.07. The standard InChI is InChI=1S/C64H44N8O10/c1-77-31-13-17-47(39(67)21-31)81-50-24-34-54-35(63(75)72-44-10-6-4-8-42(44)70-62(34)72)25-51(80-46-16-12-30(28-74)20-38(46)66)57-55-49(79-45-15-11-29(27-73)19-37(45)65)23-33-53-36(64(76)71-43-9-5-3-7-41(43)69-61(33)71)26-52(58(59(53)55)56(50)60(54)57)82-48-18-14-32(78-2)22-40(48)68/h3-26,73-74H,27-28,65-68H2,1-2H3. The second-order valence-corrected chi connectivity index (χ2v) is 20.1. The molecule has 0 aliphatic heterocycles. The van der Waals surface area contributed by atoms with Gasteiger partial charge in [0.2, 0.25) is 0 Å². The van der Waals surface area contributed by atoms with Crippen LogP contribution in [-0.4, -0.2) is 43.2 Å². The first kappa shape index (κ1) is 48.1. The summed E-state index contributed by atoms with van der Waals surface area (Å²) in [6.45, 7) is -0.565. The molecule has 0 spiro atoms. The lowest BCUT2D eigenvalue weighted by Gasteiger charge is -2.25. The van der Waals surface area contributed by atoms with Crippen molar-refractivity contribution < 1.29 is 38.6 Å². The van der Waals surface area contributed by atoms with E-state index in [1.165, 1.54) is 14.2 Å². The number of rotatable bonds is 12. The summed E-state index contributed by atoms with van der Waals surface area (Å²) in [5.41, 5.74) is 31.3. The van der Waals surface area contributed by atoms with Gasteiger partial charge in [-0.1, -0.05) is 36.4 Å². The van der Waals surface area contributed by atoms with Crippen molar-refractivity contribution in [3.63, 3.8) is 0 Å². The number of hydrogen-bond acceptors (Lipinski definition) is 16. The number of hydrogen-bond donors (Lipinski definition) is 6. The van der Waals surface area contributed by atoms with Crippen LogP contribution in [0.2, 0.25) is 0 Å². The number of aliphatic hydroxyl groups is 2. The Hall–Kier alpha value is -11.1. The molecular formula is C64H44N8O10. The zero-order chi connectivity index (χ0) is 56.0. The monoisotopic (exact) mass is 1080 g/mol. The Bertz CT molecular complexity index is 5000.